The first-order valence-corrected chi connectivity index (χ1v) is 12.1. The second-order valence-electron chi connectivity index (χ2n) is 8.43. The van der Waals surface area contributed by atoms with E-state index in [0.29, 0.717) is 51.9 Å². The Kier molecular flexibility index (Phi) is 15.3. The van der Waals surface area contributed by atoms with E-state index in [-0.39, 0.29) is 24.9 Å². The summed E-state index contributed by atoms with van der Waals surface area (Å²) in [5.74, 6) is -0.534. The Morgan fingerprint density at radius 3 is 2.24 bits per heavy atom. The van der Waals surface area contributed by atoms with Crippen molar-refractivity contribution in [3.8, 4) is 0 Å². The number of hydrogen-bond acceptors (Lipinski definition) is 8. The van der Waals surface area contributed by atoms with E-state index in [1.807, 2.05) is 30.3 Å². The third kappa shape index (κ3) is 13.3. The van der Waals surface area contributed by atoms with Crippen molar-refractivity contribution in [2.24, 2.45) is 22.9 Å². The zero-order valence-corrected chi connectivity index (χ0v) is 20.0. The van der Waals surface area contributed by atoms with E-state index in [4.69, 9.17) is 27.7 Å². The van der Waals surface area contributed by atoms with Crippen molar-refractivity contribution in [2.45, 2.75) is 63.6 Å². The number of nitrogens with two attached hydrogens (primary N) is 4. The van der Waals surface area contributed by atoms with E-state index in [1.165, 1.54) is 0 Å². The third-order valence-electron chi connectivity index (χ3n) is 5.37. The molecule has 0 saturated carbocycles. The molecule has 1 aromatic carbocycles. The number of nitrogens with one attached hydrogen (secondary N) is 1. The molecule has 0 spiro atoms. The predicted molar refractivity (Wildman–Crippen MR) is 132 cm³/mol. The average Bonchev–Trinajstić information content (AvgIpc) is 2.82. The summed E-state index contributed by atoms with van der Waals surface area (Å²) in [5.41, 5.74) is 23.0. The van der Waals surface area contributed by atoms with Gasteiger partial charge in [0.2, 0.25) is 0 Å². The fourth-order valence-electron chi connectivity index (χ4n) is 3.40. The van der Waals surface area contributed by atoms with E-state index >= 15 is 0 Å². The summed E-state index contributed by atoms with van der Waals surface area (Å²) in [6.07, 6.45) is 5.16. The molecule has 0 aromatic heterocycles. The Bertz CT molecular complexity index is 657. The van der Waals surface area contributed by atoms with Crippen LogP contribution < -0.4 is 28.3 Å². The maximum absolute atomic E-state index is 13.0. The van der Waals surface area contributed by atoms with Crippen LogP contribution in [0.1, 0.15) is 56.9 Å². The molecule has 0 unspecified atom stereocenters. The molecule has 0 radical (unpaired) electrons. The smallest absolute Gasteiger partial charge is 0.306 e. The number of carbonyl (C=O) groups excluding carboxylic acids is 2. The van der Waals surface area contributed by atoms with E-state index < -0.39 is 5.66 Å². The molecular weight excluding hydrogens is 420 g/mol. The Labute approximate surface area is 198 Å². The molecule has 1 aromatic rings. The number of esters is 1. The Morgan fingerprint density at radius 1 is 0.879 bits per heavy atom. The second kappa shape index (κ2) is 17.4. The first kappa shape index (κ1) is 29.0. The normalized spacial score (nSPS) is 11.4. The van der Waals surface area contributed by atoms with E-state index in [2.05, 4.69) is 5.32 Å². The first-order chi connectivity index (χ1) is 15.9. The van der Waals surface area contributed by atoms with Crippen molar-refractivity contribution >= 4 is 11.9 Å². The molecule has 1 amide bonds. The molecular formula is C24H44N6O3. The highest BCUT2D eigenvalue weighted by molar-refractivity contribution is 5.85. The summed E-state index contributed by atoms with van der Waals surface area (Å²) >= 11 is 0. The van der Waals surface area contributed by atoms with Gasteiger partial charge in [-0.25, -0.2) is 0 Å². The molecule has 1 rings (SSSR count). The van der Waals surface area contributed by atoms with Crippen molar-refractivity contribution in [3.05, 3.63) is 35.9 Å². The summed E-state index contributed by atoms with van der Waals surface area (Å²) in [6.45, 7) is 4.36. The molecule has 0 aliphatic rings. The Hall–Kier alpha value is -2.04. The van der Waals surface area contributed by atoms with Crippen LogP contribution in [0, 0.1) is 0 Å². The highest BCUT2D eigenvalue weighted by Gasteiger charge is 2.32. The number of carbonyl (C=O) groups is 2. The molecule has 0 bridgehead atoms. The fraction of sp³-hybridized carbons (Fsp3) is 0.667. The summed E-state index contributed by atoms with van der Waals surface area (Å²) < 4.78 is 5.28. The number of ether oxygens (including phenoxy) is 1. The van der Waals surface area contributed by atoms with Gasteiger partial charge < -0.3 is 37.9 Å². The van der Waals surface area contributed by atoms with Crippen LogP contribution in [0.5, 0.6) is 0 Å². The van der Waals surface area contributed by atoms with Gasteiger partial charge in [-0.05, 0) is 76.7 Å². The molecule has 0 aliphatic heterocycles. The maximum atomic E-state index is 13.0. The van der Waals surface area contributed by atoms with Crippen LogP contribution in [0.3, 0.4) is 0 Å². The number of benzene rings is 1. The molecule has 33 heavy (non-hydrogen) atoms. The van der Waals surface area contributed by atoms with Gasteiger partial charge in [0.05, 0.1) is 0 Å². The van der Waals surface area contributed by atoms with Crippen LogP contribution in [0.25, 0.3) is 0 Å². The summed E-state index contributed by atoms with van der Waals surface area (Å²) in [5, 5.41) is 3.33. The molecule has 9 N–H and O–H groups in total. The van der Waals surface area contributed by atoms with Crippen molar-refractivity contribution in [2.75, 3.05) is 39.3 Å². The fourth-order valence-corrected chi connectivity index (χ4v) is 3.40. The van der Waals surface area contributed by atoms with Crippen LogP contribution in [0.15, 0.2) is 30.3 Å². The molecule has 9 nitrogen and oxygen atoms in total. The lowest BCUT2D eigenvalue weighted by Gasteiger charge is -2.32. The van der Waals surface area contributed by atoms with Crippen LogP contribution in [0.4, 0.5) is 0 Å². The maximum Gasteiger partial charge on any atom is 0.306 e. The van der Waals surface area contributed by atoms with Crippen LogP contribution in [0.2, 0.25) is 0 Å². The van der Waals surface area contributed by atoms with Gasteiger partial charge in [0.1, 0.15) is 12.3 Å². The predicted octanol–water partition coefficient (Wildman–Crippen LogP) is 0.800. The number of hydrogen-bond donors (Lipinski definition) is 5. The van der Waals surface area contributed by atoms with Gasteiger partial charge in [-0.1, -0.05) is 30.3 Å². The third-order valence-corrected chi connectivity index (χ3v) is 5.37. The lowest BCUT2D eigenvalue weighted by molar-refractivity contribution is -0.145. The molecule has 9 heteroatoms. The van der Waals surface area contributed by atoms with E-state index in [1.54, 1.807) is 4.90 Å². The van der Waals surface area contributed by atoms with Gasteiger partial charge in [0, 0.05) is 19.5 Å². The molecule has 0 aliphatic carbocycles. The van der Waals surface area contributed by atoms with Crippen molar-refractivity contribution in [1.82, 2.24) is 10.2 Å². The summed E-state index contributed by atoms with van der Waals surface area (Å²) in [7, 11) is 0. The SMILES string of the molecule is NCCCNCCCCN(CCCN)C(=O)C(N)(N)CCCCC(=O)OCc1ccccc1. The number of rotatable bonds is 19. The number of amides is 1. The van der Waals surface area contributed by atoms with Crippen LogP contribution in [-0.4, -0.2) is 61.7 Å². The van der Waals surface area contributed by atoms with Gasteiger partial charge in [-0.2, -0.15) is 0 Å². The van der Waals surface area contributed by atoms with E-state index in [9.17, 15) is 9.59 Å². The van der Waals surface area contributed by atoms with Gasteiger partial charge in [-0.3, -0.25) is 9.59 Å². The summed E-state index contributed by atoms with van der Waals surface area (Å²) in [6, 6.07) is 9.53. The quantitative estimate of drug-likeness (QED) is 0.114. The highest BCUT2D eigenvalue weighted by Crippen LogP contribution is 2.13. The minimum absolute atomic E-state index is 0.258. The lowest BCUT2D eigenvalue weighted by Crippen LogP contribution is -2.62. The summed E-state index contributed by atoms with van der Waals surface area (Å²) in [4.78, 5) is 26.6. The standard InChI is InChI=1S/C24H44N6O3/c25-14-8-17-29-16-6-7-18-30(19-9-15-26)23(32)24(27,28)13-5-4-12-22(31)33-20-21-10-2-1-3-11-21/h1-3,10-11,29H,4-9,12-20,25-28H2. The largest absolute Gasteiger partial charge is 0.461 e. The second-order valence-corrected chi connectivity index (χ2v) is 8.43. The Morgan fingerprint density at radius 2 is 1.55 bits per heavy atom. The average molecular weight is 465 g/mol. The highest BCUT2D eigenvalue weighted by atomic mass is 16.5. The first-order valence-electron chi connectivity index (χ1n) is 12.1. The molecule has 0 saturated heterocycles. The van der Waals surface area contributed by atoms with E-state index in [0.717, 1.165) is 37.9 Å². The molecule has 0 atom stereocenters. The van der Waals surface area contributed by atoms with Gasteiger partial charge >= 0.3 is 5.97 Å². The molecule has 0 fully saturated rings. The lowest BCUT2D eigenvalue weighted by atomic mass is 10.0. The van der Waals surface area contributed by atoms with Gasteiger partial charge in [0.25, 0.3) is 5.91 Å². The van der Waals surface area contributed by atoms with Crippen molar-refractivity contribution < 1.29 is 14.3 Å². The topological polar surface area (TPSA) is 163 Å². The zero-order chi connectivity index (χ0) is 24.4. The van der Waals surface area contributed by atoms with Crippen molar-refractivity contribution in [1.29, 1.82) is 0 Å². The van der Waals surface area contributed by atoms with Crippen LogP contribution in [-0.2, 0) is 20.9 Å². The molecule has 188 valence electrons. The number of unbranched alkanes of at least 4 members (excludes halogenated alkanes) is 2. The minimum Gasteiger partial charge on any atom is -0.461 e. The Balaban J connectivity index is 2.34. The number of nitrogens with zero attached hydrogens (tertiary/aromatic N) is 1. The van der Waals surface area contributed by atoms with Crippen molar-refractivity contribution in [3.63, 3.8) is 0 Å². The van der Waals surface area contributed by atoms with Crippen LogP contribution >= 0.6 is 0 Å². The minimum atomic E-state index is -1.46. The van der Waals surface area contributed by atoms with Gasteiger partial charge in [-0.15, -0.1) is 0 Å². The van der Waals surface area contributed by atoms with Gasteiger partial charge in [0.15, 0.2) is 0 Å². The molecule has 0 heterocycles. The monoisotopic (exact) mass is 464 g/mol. The zero-order valence-electron chi connectivity index (χ0n) is 20.0.